The van der Waals surface area contributed by atoms with Crippen LogP contribution in [-0.4, -0.2) is 35.0 Å². The van der Waals surface area contributed by atoms with E-state index in [-0.39, 0.29) is 12.3 Å². The minimum atomic E-state index is -0.819. The highest BCUT2D eigenvalue weighted by Crippen LogP contribution is 2.38. The SMILES string of the molecule is CCN(CC)C(=O)CC1(C(=O)O)CCCCCCC1. The van der Waals surface area contributed by atoms with Gasteiger partial charge in [0.2, 0.25) is 5.91 Å². The maximum Gasteiger partial charge on any atom is 0.310 e. The van der Waals surface area contributed by atoms with Crippen molar-refractivity contribution in [1.82, 2.24) is 4.90 Å². The molecule has 1 N–H and O–H groups in total. The van der Waals surface area contributed by atoms with Gasteiger partial charge in [-0.05, 0) is 26.7 Å². The first-order valence-electron chi connectivity index (χ1n) is 7.57. The lowest BCUT2D eigenvalue weighted by Gasteiger charge is -2.32. The molecule has 1 fully saturated rings. The molecular weight excluding hydrogens is 242 g/mol. The van der Waals surface area contributed by atoms with Gasteiger partial charge in [0.1, 0.15) is 0 Å². The number of aliphatic carboxylic acids is 1. The highest BCUT2D eigenvalue weighted by atomic mass is 16.4. The van der Waals surface area contributed by atoms with Crippen LogP contribution in [0.25, 0.3) is 0 Å². The van der Waals surface area contributed by atoms with E-state index in [0.717, 1.165) is 25.7 Å². The first-order valence-corrected chi connectivity index (χ1v) is 7.57. The Morgan fingerprint density at radius 2 is 1.47 bits per heavy atom. The number of hydrogen-bond donors (Lipinski definition) is 1. The molecule has 0 bridgehead atoms. The molecule has 1 rings (SSSR count). The Kier molecular flexibility index (Phi) is 6.32. The maximum absolute atomic E-state index is 12.2. The van der Waals surface area contributed by atoms with Crippen LogP contribution < -0.4 is 0 Å². The summed E-state index contributed by atoms with van der Waals surface area (Å²) in [4.78, 5) is 25.7. The largest absolute Gasteiger partial charge is 0.481 e. The minimum absolute atomic E-state index is 0.00651. The average molecular weight is 269 g/mol. The summed E-state index contributed by atoms with van der Waals surface area (Å²) >= 11 is 0. The van der Waals surface area contributed by atoms with E-state index in [1.54, 1.807) is 4.90 Å². The molecule has 0 heterocycles. The van der Waals surface area contributed by atoms with Gasteiger partial charge in [0.15, 0.2) is 0 Å². The third-order valence-corrected chi connectivity index (χ3v) is 4.37. The van der Waals surface area contributed by atoms with Crippen LogP contribution in [0.1, 0.15) is 65.2 Å². The van der Waals surface area contributed by atoms with Gasteiger partial charge in [-0.3, -0.25) is 9.59 Å². The lowest BCUT2D eigenvalue weighted by Crippen LogP contribution is -2.40. The summed E-state index contributed by atoms with van der Waals surface area (Å²) in [5.74, 6) is -0.789. The number of amides is 1. The van der Waals surface area contributed by atoms with E-state index in [1.165, 1.54) is 6.42 Å². The Labute approximate surface area is 116 Å². The van der Waals surface area contributed by atoms with E-state index in [0.29, 0.717) is 25.9 Å². The highest BCUT2D eigenvalue weighted by Gasteiger charge is 2.40. The van der Waals surface area contributed by atoms with E-state index in [4.69, 9.17) is 0 Å². The summed E-state index contributed by atoms with van der Waals surface area (Å²) in [6, 6.07) is 0. The molecule has 1 aliphatic rings. The molecule has 4 heteroatoms. The quantitative estimate of drug-likeness (QED) is 0.834. The predicted octanol–water partition coefficient (Wildman–Crippen LogP) is 3.06. The molecule has 0 aliphatic heterocycles. The average Bonchev–Trinajstić information content (AvgIpc) is 2.34. The smallest absolute Gasteiger partial charge is 0.310 e. The third kappa shape index (κ3) is 4.22. The zero-order valence-electron chi connectivity index (χ0n) is 12.3. The molecule has 1 aliphatic carbocycles. The van der Waals surface area contributed by atoms with Gasteiger partial charge in [0.05, 0.1) is 5.41 Å². The summed E-state index contributed by atoms with van der Waals surface area (Å²) in [6.45, 7) is 5.19. The second-order valence-corrected chi connectivity index (χ2v) is 5.60. The molecule has 0 saturated heterocycles. The summed E-state index contributed by atoms with van der Waals surface area (Å²) in [5.41, 5.74) is -0.819. The first-order chi connectivity index (χ1) is 9.05. The topological polar surface area (TPSA) is 57.6 Å². The molecule has 0 aromatic rings. The first kappa shape index (κ1) is 16.0. The minimum Gasteiger partial charge on any atom is -0.481 e. The Bertz CT molecular complexity index is 303. The van der Waals surface area contributed by atoms with Gasteiger partial charge in [-0.15, -0.1) is 0 Å². The number of carbonyl (C=O) groups is 2. The van der Waals surface area contributed by atoms with Gasteiger partial charge in [-0.25, -0.2) is 0 Å². The van der Waals surface area contributed by atoms with Crippen molar-refractivity contribution in [2.45, 2.75) is 65.2 Å². The fourth-order valence-corrected chi connectivity index (χ4v) is 3.03. The molecule has 0 radical (unpaired) electrons. The fraction of sp³-hybridized carbons (Fsp3) is 0.867. The van der Waals surface area contributed by atoms with Crippen molar-refractivity contribution < 1.29 is 14.7 Å². The number of nitrogens with zero attached hydrogens (tertiary/aromatic N) is 1. The molecule has 0 aromatic carbocycles. The van der Waals surface area contributed by atoms with Crippen molar-refractivity contribution in [3.05, 3.63) is 0 Å². The molecule has 0 atom stereocenters. The fourth-order valence-electron chi connectivity index (χ4n) is 3.03. The Hall–Kier alpha value is -1.06. The van der Waals surface area contributed by atoms with Crippen LogP contribution >= 0.6 is 0 Å². The van der Waals surface area contributed by atoms with Crippen molar-refractivity contribution in [2.24, 2.45) is 5.41 Å². The van der Waals surface area contributed by atoms with Gasteiger partial charge in [-0.1, -0.05) is 32.1 Å². The van der Waals surface area contributed by atoms with Crippen molar-refractivity contribution in [1.29, 1.82) is 0 Å². The van der Waals surface area contributed by atoms with E-state index in [2.05, 4.69) is 0 Å². The second-order valence-electron chi connectivity index (χ2n) is 5.60. The summed E-state index contributed by atoms with van der Waals surface area (Å²) in [6.07, 6.45) is 6.70. The van der Waals surface area contributed by atoms with Crippen molar-refractivity contribution in [2.75, 3.05) is 13.1 Å². The number of hydrogen-bond acceptors (Lipinski definition) is 2. The summed E-state index contributed by atoms with van der Waals surface area (Å²) in [5, 5.41) is 9.61. The normalized spacial score (nSPS) is 19.3. The van der Waals surface area contributed by atoms with Gasteiger partial charge in [0.25, 0.3) is 0 Å². The standard InChI is InChI=1S/C15H27NO3/c1-3-16(4-2)13(17)12-15(14(18)19)10-8-6-5-7-9-11-15/h3-12H2,1-2H3,(H,18,19). The Morgan fingerprint density at radius 3 is 1.89 bits per heavy atom. The van der Waals surface area contributed by atoms with Crippen LogP contribution in [0.15, 0.2) is 0 Å². The van der Waals surface area contributed by atoms with Crippen LogP contribution in [-0.2, 0) is 9.59 Å². The molecule has 0 spiro atoms. The zero-order chi connectivity index (χ0) is 14.3. The molecular formula is C15H27NO3. The second kappa shape index (κ2) is 7.51. The van der Waals surface area contributed by atoms with E-state index < -0.39 is 11.4 Å². The predicted molar refractivity (Wildman–Crippen MR) is 74.9 cm³/mol. The van der Waals surface area contributed by atoms with Crippen LogP contribution in [0.3, 0.4) is 0 Å². The van der Waals surface area contributed by atoms with Crippen LogP contribution in [0, 0.1) is 5.41 Å². The van der Waals surface area contributed by atoms with Crippen molar-refractivity contribution in [3.63, 3.8) is 0 Å². The van der Waals surface area contributed by atoms with Gasteiger partial charge >= 0.3 is 5.97 Å². The summed E-state index contributed by atoms with van der Waals surface area (Å²) in [7, 11) is 0. The zero-order valence-corrected chi connectivity index (χ0v) is 12.3. The van der Waals surface area contributed by atoms with Gasteiger partial charge in [-0.2, -0.15) is 0 Å². The number of rotatable bonds is 5. The number of carboxylic acids is 1. The van der Waals surface area contributed by atoms with Crippen molar-refractivity contribution >= 4 is 11.9 Å². The molecule has 1 saturated carbocycles. The Morgan fingerprint density at radius 1 is 1.00 bits per heavy atom. The lowest BCUT2D eigenvalue weighted by molar-refractivity contribution is -0.155. The summed E-state index contributed by atoms with van der Waals surface area (Å²) < 4.78 is 0. The molecule has 110 valence electrons. The molecule has 1 amide bonds. The van der Waals surface area contributed by atoms with Crippen LogP contribution in [0.4, 0.5) is 0 Å². The Balaban J connectivity index is 2.79. The highest BCUT2D eigenvalue weighted by molar-refractivity contribution is 5.85. The third-order valence-electron chi connectivity index (χ3n) is 4.37. The molecule has 19 heavy (non-hydrogen) atoms. The van der Waals surface area contributed by atoms with Crippen LogP contribution in [0.2, 0.25) is 0 Å². The maximum atomic E-state index is 12.2. The number of carboxylic acid groups (broad SMARTS) is 1. The lowest BCUT2D eigenvalue weighted by atomic mass is 9.73. The van der Waals surface area contributed by atoms with Gasteiger partial charge < -0.3 is 10.0 Å². The number of carbonyl (C=O) groups excluding carboxylic acids is 1. The van der Waals surface area contributed by atoms with E-state index in [9.17, 15) is 14.7 Å². The van der Waals surface area contributed by atoms with E-state index >= 15 is 0 Å². The molecule has 0 unspecified atom stereocenters. The van der Waals surface area contributed by atoms with Gasteiger partial charge in [0, 0.05) is 19.5 Å². The van der Waals surface area contributed by atoms with Crippen LogP contribution in [0.5, 0.6) is 0 Å². The van der Waals surface area contributed by atoms with Crippen molar-refractivity contribution in [3.8, 4) is 0 Å². The monoisotopic (exact) mass is 269 g/mol. The van der Waals surface area contributed by atoms with E-state index in [1.807, 2.05) is 13.8 Å². The molecule has 4 nitrogen and oxygen atoms in total. The molecule has 0 aromatic heterocycles.